The van der Waals surface area contributed by atoms with Crippen LogP contribution < -0.4 is 14.5 Å². The Balaban J connectivity index is 1.54. The van der Waals surface area contributed by atoms with Crippen molar-refractivity contribution in [2.45, 2.75) is 33.1 Å². The first-order valence-corrected chi connectivity index (χ1v) is 10.3. The maximum Gasteiger partial charge on any atom is 0.228 e. The average molecular weight is 403 g/mol. The molecule has 1 amide bonds. The third-order valence-electron chi connectivity index (χ3n) is 5.91. The first-order valence-electron chi connectivity index (χ1n) is 10.3. The number of rotatable bonds is 4. The Bertz CT molecular complexity index is 1140. The summed E-state index contributed by atoms with van der Waals surface area (Å²) in [6, 6.07) is 10.1. The Hall–Kier alpha value is -3.35. The summed E-state index contributed by atoms with van der Waals surface area (Å²) >= 11 is 0. The highest BCUT2D eigenvalue weighted by atomic mass is 16.5. The van der Waals surface area contributed by atoms with E-state index in [4.69, 9.17) is 14.8 Å². The van der Waals surface area contributed by atoms with E-state index in [0.29, 0.717) is 6.42 Å². The lowest BCUT2D eigenvalue weighted by Crippen LogP contribution is -2.24. The Morgan fingerprint density at radius 2 is 1.87 bits per heavy atom. The number of carbonyl (C=O) groups excluding carboxylic acids is 1. The number of carbonyl (C=O) groups is 1. The molecule has 0 radical (unpaired) electrons. The lowest BCUT2D eigenvalue weighted by Gasteiger charge is -2.22. The van der Waals surface area contributed by atoms with Crippen LogP contribution >= 0.6 is 0 Å². The van der Waals surface area contributed by atoms with E-state index in [9.17, 15) is 4.79 Å². The Morgan fingerprint density at radius 1 is 1.00 bits per heavy atom. The topological polar surface area (TPSA) is 63.5 Å². The van der Waals surface area contributed by atoms with Gasteiger partial charge in [-0.2, -0.15) is 0 Å². The molecule has 7 nitrogen and oxygen atoms in total. The highest BCUT2D eigenvalue weighted by Crippen LogP contribution is 2.39. The first-order chi connectivity index (χ1) is 14.5. The lowest BCUT2D eigenvalue weighted by molar-refractivity contribution is -0.117. The SMILES string of the molecule is COc1ccc(N2CCc3c(-n4ccc(N5CCCC5=O)n4)cc(C)nc32)c(C)c1. The number of anilines is 3. The molecule has 0 aliphatic carbocycles. The van der Waals surface area contributed by atoms with Gasteiger partial charge in [-0.3, -0.25) is 9.69 Å². The smallest absolute Gasteiger partial charge is 0.228 e. The van der Waals surface area contributed by atoms with Crippen LogP contribution in [0.15, 0.2) is 36.5 Å². The number of pyridine rings is 1. The van der Waals surface area contributed by atoms with Crippen molar-refractivity contribution in [2.75, 3.05) is 30.0 Å². The molecule has 0 spiro atoms. The van der Waals surface area contributed by atoms with Gasteiger partial charge in [0.25, 0.3) is 0 Å². The second kappa shape index (κ2) is 7.16. The van der Waals surface area contributed by atoms with Gasteiger partial charge in [0.15, 0.2) is 5.82 Å². The monoisotopic (exact) mass is 403 g/mol. The Labute approximate surface area is 175 Å². The van der Waals surface area contributed by atoms with Gasteiger partial charge >= 0.3 is 0 Å². The van der Waals surface area contributed by atoms with E-state index in [2.05, 4.69) is 30.0 Å². The predicted octanol–water partition coefficient (Wildman–Crippen LogP) is 3.71. The minimum atomic E-state index is 0.151. The van der Waals surface area contributed by atoms with E-state index in [1.165, 1.54) is 5.56 Å². The molecule has 0 N–H and O–H groups in total. The second-order valence-electron chi connectivity index (χ2n) is 7.91. The molecule has 7 heteroatoms. The Morgan fingerprint density at radius 3 is 2.60 bits per heavy atom. The maximum atomic E-state index is 12.1. The van der Waals surface area contributed by atoms with Crippen molar-refractivity contribution in [1.82, 2.24) is 14.8 Å². The van der Waals surface area contributed by atoms with Crippen LogP contribution in [0.4, 0.5) is 17.3 Å². The summed E-state index contributed by atoms with van der Waals surface area (Å²) in [7, 11) is 1.69. The molecule has 4 heterocycles. The Kier molecular flexibility index (Phi) is 4.46. The molecule has 5 rings (SSSR count). The van der Waals surface area contributed by atoms with E-state index in [1.807, 2.05) is 29.9 Å². The van der Waals surface area contributed by atoms with E-state index in [0.717, 1.165) is 65.9 Å². The van der Waals surface area contributed by atoms with Crippen molar-refractivity contribution >= 4 is 23.2 Å². The summed E-state index contributed by atoms with van der Waals surface area (Å²) < 4.78 is 7.24. The van der Waals surface area contributed by atoms with Crippen LogP contribution in [-0.4, -0.2) is 40.9 Å². The summed E-state index contributed by atoms with van der Waals surface area (Å²) in [5, 5.41) is 4.73. The summed E-state index contributed by atoms with van der Waals surface area (Å²) in [6.45, 7) is 5.72. The second-order valence-corrected chi connectivity index (χ2v) is 7.91. The van der Waals surface area contributed by atoms with Crippen LogP contribution in [0.5, 0.6) is 5.75 Å². The van der Waals surface area contributed by atoms with E-state index in [-0.39, 0.29) is 5.91 Å². The molecule has 2 aliphatic heterocycles. The third kappa shape index (κ3) is 3.01. The zero-order valence-corrected chi connectivity index (χ0v) is 17.6. The van der Waals surface area contributed by atoms with Gasteiger partial charge in [-0.05, 0) is 56.5 Å². The summed E-state index contributed by atoms with van der Waals surface area (Å²) in [5.41, 5.74) is 5.45. The number of ether oxygens (including phenoxy) is 1. The van der Waals surface area contributed by atoms with E-state index >= 15 is 0 Å². The molecule has 2 aliphatic rings. The van der Waals surface area contributed by atoms with Crippen LogP contribution in [-0.2, 0) is 11.2 Å². The first kappa shape index (κ1) is 18.7. The van der Waals surface area contributed by atoms with E-state index in [1.54, 1.807) is 12.0 Å². The summed E-state index contributed by atoms with van der Waals surface area (Å²) in [4.78, 5) is 21.0. The standard InChI is InChI=1S/C23H25N5O2/c1-15-13-17(30-3)6-7-19(15)26-11-8-18-20(14-16(2)24-23(18)26)28-12-9-21(25-28)27-10-4-5-22(27)29/h6-7,9,12-14H,4-5,8,10-11H2,1-3H3. The number of hydrogen-bond donors (Lipinski definition) is 0. The molecular weight excluding hydrogens is 378 g/mol. The molecular formula is C23H25N5O2. The molecule has 3 aromatic rings. The van der Waals surface area contributed by atoms with Gasteiger partial charge in [-0.15, -0.1) is 5.10 Å². The number of aryl methyl sites for hydroxylation is 2. The minimum Gasteiger partial charge on any atom is -0.497 e. The van der Waals surface area contributed by atoms with Crippen LogP contribution in [0.25, 0.3) is 5.69 Å². The molecule has 1 aromatic carbocycles. The fourth-order valence-electron chi connectivity index (χ4n) is 4.44. The fourth-order valence-corrected chi connectivity index (χ4v) is 4.44. The number of nitrogens with zero attached hydrogens (tertiary/aromatic N) is 5. The van der Waals surface area contributed by atoms with Gasteiger partial charge in [-0.25, -0.2) is 9.67 Å². The number of fused-ring (bicyclic) bond motifs is 1. The molecule has 0 atom stereocenters. The summed E-state index contributed by atoms with van der Waals surface area (Å²) in [6.07, 6.45) is 4.33. The molecule has 1 fully saturated rings. The molecule has 30 heavy (non-hydrogen) atoms. The van der Waals surface area contributed by atoms with E-state index < -0.39 is 0 Å². The zero-order chi connectivity index (χ0) is 20.8. The normalized spacial score (nSPS) is 15.8. The van der Waals surface area contributed by atoms with Gasteiger partial charge in [-0.1, -0.05) is 0 Å². The molecule has 1 saturated heterocycles. The van der Waals surface area contributed by atoms with Crippen LogP contribution in [0.2, 0.25) is 0 Å². The average Bonchev–Trinajstić information content (AvgIpc) is 3.46. The van der Waals surface area contributed by atoms with Crippen LogP contribution in [0.3, 0.4) is 0 Å². The van der Waals surface area contributed by atoms with Crippen molar-refractivity contribution in [1.29, 1.82) is 0 Å². The molecule has 0 unspecified atom stereocenters. The minimum absolute atomic E-state index is 0.151. The maximum absolute atomic E-state index is 12.1. The lowest BCUT2D eigenvalue weighted by atomic mass is 10.1. The molecule has 0 bridgehead atoms. The third-order valence-corrected chi connectivity index (χ3v) is 5.91. The quantitative estimate of drug-likeness (QED) is 0.664. The van der Waals surface area contributed by atoms with Gasteiger partial charge in [0.2, 0.25) is 5.91 Å². The van der Waals surface area contributed by atoms with Crippen molar-refractivity contribution in [3.8, 4) is 11.4 Å². The van der Waals surface area contributed by atoms with Crippen molar-refractivity contribution < 1.29 is 9.53 Å². The molecule has 0 saturated carbocycles. The zero-order valence-electron chi connectivity index (χ0n) is 17.6. The number of amides is 1. The summed E-state index contributed by atoms with van der Waals surface area (Å²) in [5.74, 6) is 2.71. The molecule has 2 aromatic heterocycles. The number of methoxy groups -OCH3 is 1. The number of aromatic nitrogens is 3. The van der Waals surface area contributed by atoms with Crippen LogP contribution in [0, 0.1) is 13.8 Å². The molecule has 154 valence electrons. The predicted molar refractivity (Wildman–Crippen MR) is 116 cm³/mol. The van der Waals surface area contributed by atoms with Crippen molar-refractivity contribution in [2.24, 2.45) is 0 Å². The van der Waals surface area contributed by atoms with Gasteiger partial charge in [0, 0.05) is 48.7 Å². The van der Waals surface area contributed by atoms with Gasteiger partial charge in [0.1, 0.15) is 11.6 Å². The fraction of sp³-hybridized carbons (Fsp3) is 0.348. The van der Waals surface area contributed by atoms with Crippen LogP contribution in [0.1, 0.15) is 29.7 Å². The van der Waals surface area contributed by atoms with Crippen molar-refractivity contribution in [3.63, 3.8) is 0 Å². The number of hydrogen-bond acceptors (Lipinski definition) is 5. The highest BCUT2D eigenvalue weighted by Gasteiger charge is 2.28. The van der Waals surface area contributed by atoms with Gasteiger partial charge < -0.3 is 9.64 Å². The van der Waals surface area contributed by atoms with Gasteiger partial charge in [0.05, 0.1) is 12.8 Å². The number of benzene rings is 1. The van der Waals surface area contributed by atoms with Crippen molar-refractivity contribution in [3.05, 3.63) is 53.3 Å². The largest absolute Gasteiger partial charge is 0.497 e. The highest BCUT2D eigenvalue weighted by molar-refractivity contribution is 5.94.